The van der Waals surface area contributed by atoms with Crippen LogP contribution < -0.4 is 14.6 Å². The first-order valence-corrected chi connectivity index (χ1v) is 10.5. The molecule has 0 saturated heterocycles. The molecule has 2 aromatic rings. The Bertz CT molecular complexity index is 1040. The van der Waals surface area contributed by atoms with E-state index in [2.05, 4.69) is 0 Å². The highest BCUT2D eigenvalue weighted by atomic mass is 35.5. The zero-order valence-electron chi connectivity index (χ0n) is 16.5. The van der Waals surface area contributed by atoms with E-state index in [4.69, 9.17) is 26.2 Å². The van der Waals surface area contributed by atoms with Crippen molar-refractivity contribution in [3.63, 3.8) is 0 Å². The van der Waals surface area contributed by atoms with Gasteiger partial charge in [-0.3, -0.25) is 4.79 Å². The van der Waals surface area contributed by atoms with Crippen LogP contribution in [-0.2, 0) is 14.8 Å². The molecule has 0 saturated carbocycles. The van der Waals surface area contributed by atoms with Crippen LogP contribution in [0.4, 0.5) is 0 Å². The van der Waals surface area contributed by atoms with E-state index in [0.717, 1.165) is 0 Å². The van der Waals surface area contributed by atoms with Gasteiger partial charge in [0, 0.05) is 13.1 Å². The molecule has 7 nitrogen and oxygen atoms in total. The van der Waals surface area contributed by atoms with Crippen LogP contribution in [0.1, 0.15) is 24.1 Å². The summed E-state index contributed by atoms with van der Waals surface area (Å²) in [6, 6.07) is 9.18. The number of ether oxygens (including phenoxy) is 2. The second kappa shape index (κ2) is 9.30. The summed E-state index contributed by atoms with van der Waals surface area (Å²) in [4.78, 5) is 14.1. The van der Waals surface area contributed by atoms with Gasteiger partial charge in [-0.05, 0) is 48.4 Å². The number of hydrogen-bond acceptors (Lipinski definition) is 5. The number of rotatable bonds is 7. The minimum atomic E-state index is -3.82. The van der Waals surface area contributed by atoms with Crippen LogP contribution in [0, 0.1) is 0 Å². The highest BCUT2D eigenvalue weighted by Gasteiger charge is 2.18. The average Bonchev–Trinajstić information content (AvgIpc) is 2.69. The minimum Gasteiger partial charge on any atom is -0.493 e. The Morgan fingerprint density at radius 2 is 1.90 bits per heavy atom. The molecule has 1 atom stereocenters. The molecule has 0 heterocycles. The summed E-state index contributed by atoms with van der Waals surface area (Å²) in [5.74, 6) is 0.594. The van der Waals surface area contributed by atoms with Gasteiger partial charge >= 0.3 is 0 Å². The molecule has 1 amide bonds. The molecular weight excluding hydrogens is 416 g/mol. The molecule has 0 radical (unpaired) electrons. The number of nitrogens with zero attached hydrogens (tertiary/aromatic N) is 1. The monoisotopic (exact) mass is 438 g/mol. The van der Waals surface area contributed by atoms with E-state index >= 15 is 0 Å². The Kier molecular flexibility index (Phi) is 7.29. The van der Waals surface area contributed by atoms with E-state index < -0.39 is 10.0 Å². The van der Waals surface area contributed by atoms with Crippen LogP contribution in [0.15, 0.2) is 47.4 Å². The molecule has 1 unspecified atom stereocenters. The smallest absolute Gasteiger partial charge is 0.246 e. The van der Waals surface area contributed by atoms with E-state index in [1.165, 1.54) is 37.3 Å². The Hall–Kier alpha value is -2.55. The molecule has 0 spiro atoms. The lowest BCUT2D eigenvalue weighted by Crippen LogP contribution is -2.28. The van der Waals surface area contributed by atoms with E-state index in [0.29, 0.717) is 27.6 Å². The number of carbonyl (C=O) groups is 1. The fourth-order valence-electron chi connectivity index (χ4n) is 2.69. The number of benzene rings is 2. The predicted molar refractivity (Wildman–Crippen MR) is 113 cm³/mol. The minimum absolute atomic E-state index is 0.00166. The predicted octanol–water partition coefficient (Wildman–Crippen LogP) is 3.24. The third-order valence-electron chi connectivity index (χ3n) is 4.47. The maximum Gasteiger partial charge on any atom is 0.246 e. The molecule has 9 heteroatoms. The third kappa shape index (κ3) is 5.50. The Morgan fingerprint density at radius 3 is 2.48 bits per heavy atom. The first kappa shape index (κ1) is 22.7. The molecular formula is C20H23ClN2O5S. The highest BCUT2D eigenvalue weighted by molar-refractivity contribution is 7.89. The van der Waals surface area contributed by atoms with E-state index in [1.54, 1.807) is 44.3 Å². The molecule has 0 aliphatic carbocycles. The van der Waals surface area contributed by atoms with Crippen molar-refractivity contribution < 1.29 is 22.7 Å². The summed E-state index contributed by atoms with van der Waals surface area (Å²) < 4.78 is 33.5. The summed E-state index contributed by atoms with van der Waals surface area (Å²) in [5.41, 5.74) is 1.31. The summed E-state index contributed by atoms with van der Waals surface area (Å²) in [5, 5.41) is 5.54. The molecule has 156 valence electrons. The largest absolute Gasteiger partial charge is 0.493 e. The number of hydrogen-bond donors (Lipinski definition) is 1. The first-order chi connectivity index (χ1) is 13.6. The number of primary sulfonamides is 1. The van der Waals surface area contributed by atoms with Crippen LogP contribution >= 0.6 is 11.6 Å². The number of likely N-dealkylation sites (N-methyl/N-ethyl adjacent to an activating group) is 1. The molecule has 2 N–H and O–H groups in total. The SMILES string of the molecule is COc1cc(/C=C/C(=O)N(C)C(C)c2cccc(S(N)(=O)=O)c2)cc(Cl)c1OC. The maximum absolute atomic E-state index is 12.6. The second-order valence-corrected chi connectivity index (χ2v) is 8.28. The number of halogens is 1. The summed E-state index contributed by atoms with van der Waals surface area (Å²) in [6.45, 7) is 1.79. The van der Waals surface area contributed by atoms with Gasteiger partial charge in [0.2, 0.25) is 15.9 Å². The lowest BCUT2D eigenvalue weighted by molar-refractivity contribution is -0.126. The third-order valence-corrected chi connectivity index (χ3v) is 5.66. The van der Waals surface area contributed by atoms with Gasteiger partial charge in [0.1, 0.15) is 0 Å². The van der Waals surface area contributed by atoms with Crippen LogP contribution in [0.3, 0.4) is 0 Å². The molecule has 2 rings (SSSR count). The van der Waals surface area contributed by atoms with Gasteiger partial charge in [0.05, 0.1) is 30.2 Å². The van der Waals surface area contributed by atoms with Crippen molar-refractivity contribution in [2.24, 2.45) is 5.14 Å². The lowest BCUT2D eigenvalue weighted by Gasteiger charge is -2.24. The van der Waals surface area contributed by atoms with Crippen molar-refractivity contribution in [2.45, 2.75) is 17.9 Å². The molecule has 0 aliphatic heterocycles. The van der Waals surface area contributed by atoms with E-state index in [1.807, 2.05) is 0 Å². The normalized spacial score (nSPS) is 12.6. The standard InChI is InChI=1S/C20H23ClN2O5S/c1-13(15-6-5-7-16(12-15)29(22,25)26)23(2)19(24)9-8-14-10-17(21)20(28-4)18(11-14)27-3/h5-13H,1-4H3,(H2,22,25,26)/b9-8+. The average molecular weight is 439 g/mol. The molecule has 2 aromatic carbocycles. The van der Waals surface area contributed by atoms with Crippen molar-refractivity contribution in [3.8, 4) is 11.5 Å². The Labute approximate surface area is 175 Å². The van der Waals surface area contributed by atoms with Crippen LogP contribution in [0.25, 0.3) is 6.08 Å². The van der Waals surface area contributed by atoms with Crippen molar-refractivity contribution in [1.29, 1.82) is 0 Å². The zero-order valence-corrected chi connectivity index (χ0v) is 18.1. The summed E-state index contributed by atoms with van der Waals surface area (Å²) >= 11 is 6.18. The van der Waals surface area contributed by atoms with Crippen molar-refractivity contribution in [2.75, 3.05) is 21.3 Å². The quantitative estimate of drug-likeness (QED) is 0.669. The number of sulfonamides is 1. The second-order valence-electron chi connectivity index (χ2n) is 6.31. The van der Waals surface area contributed by atoms with E-state index in [9.17, 15) is 13.2 Å². The Balaban J connectivity index is 2.21. The van der Waals surface area contributed by atoms with Gasteiger partial charge in [0.15, 0.2) is 11.5 Å². The summed E-state index contributed by atoms with van der Waals surface area (Å²) in [6.07, 6.45) is 3.01. The van der Waals surface area contributed by atoms with E-state index in [-0.39, 0.29) is 16.8 Å². The van der Waals surface area contributed by atoms with Gasteiger partial charge in [0.25, 0.3) is 0 Å². The molecule has 29 heavy (non-hydrogen) atoms. The van der Waals surface area contributed by atoms with Crippen LogP contribution in [0.2, 0.25) is 5.02 Å². The van der Waals surface area contributed by atoms with Crippen LogP contribution in [-0.4, -0.2) is 40.5 Å². The molecule has 0 bridgehead atoms. The Morgan fingerprint density at radius 1 is 1.21 bits per heavy atom. The van der Waals surface area contributed by atoms with Gasteiger partial charge in [-0.1, -0.05) is 23.7 Å². The van der Waals surface area contributed by atoms with Gasteiger partial charge in [-0.2, -0.15) is 0 Å². The first-order valence-electron chi connectivity index (χ1n) is 8.57. The highest BCUT2D eigenvalue weighted by Crippen LogP contribution is 2.36. The number of carbonyl (C=O) groups excluding carboxylic acids is 1. The van der Waals surface area contributed by atoms with Gasteiger partial charge in [-0.15, -0.1) is 0 Å². The lowest BCUT2D eigenvalue weighted by atomic mass is 10.1. The molecule has 0 aromatic heterocycles. The fraction of sp³-hybridized carbons (Fsp3) is 0.250. The number of methoxy groups -OCH3 is 2. The summed E-state index contributed by atoms with van der Waals surface area (Å²) in [7, 11) is 0.796. The van der Waals surface area contributed by atoms with Crippen molar-refractivity contribution >= 4 is 33.6 Å². The van der Waals surface area contributed by atoms with Crippen LogP contribution in [0.5, 0.6) is 11.5 Å². The molecule has 0 aliphatic rings. The topological polar surface area (TPSA) is 98.9 Å². The number of amides is 1. The number of nitrogens with two attached hydrogens (primary N) is 1. The molecule has 0 fully saturated rings. The maximum atomic E-state index is 12.6. The van der Waals surface area contributed by atoms with Crippen molar-refractivity contribution in [1.82, 2.24) is 4.90 Å². The zero-order chi connectivity index (χ0) is 21.8. The fourth-order valence-corrected chi connectivity index (χ4v) is 3.55. The van der Waals surface area contributed by atoms with Gasteiger partial charge in [-0.25, -0.2) is 13.6 Å². The van der Waals surface area contributed by atoms with Gasteiger partial charge < -0.3 is 14.4 Å². The van der Waals surface area contributed by atoms with Crippen molar-refractivity contribution in [3.05, 3.63) is 58.6 Å².